The minimum atomic E-state index is -0.443. The van der Waals surface area contributed by atoms with Gasteiger partial charge in [-0.2, -0.15) is 0 Å². The van der Waals surface area contributed by atoms with Gasteiger partial charge in [0.15, 0.2) is 5.79 Å². The molecule has 1 heterocycles. The van der Waals surface area contributed by atoms with E-state index in [-0.39, 0.29) is 16.9 Å². The molecule has 112 valence electrons. The van der Waals surface area contributed by atoms with Crippen LogP contribution in [0.4, 0.5) is 0 Å². The number of allylic oxidation sites excluding steroid dienone is 3. The second kappa shape index (κ2) is 4.20. The van der Waals surface area contributed by atoms with Gasteiger partial charge in [0.05, 0.1) is 12.7 Å². The molecular weight excluding hydrogens is 248 g/mol. The predicted octanol–water partition coefficient (Wildman–Crippen LogP) is 4.32. The van der Waals surface area contributed by atoms with Crippen molar-refractivity contribution in [3.8, 4) is 0 Å². The van der Waals surface area contributed by atoms with Crippen molar-refractivity contribution < 1.29 is 9.47 Å². The molecule has 2 aliphatic carbocycles. The molecule has 20 heavy (non-hydrogen) atoms. The van der Waals surface area contributed by atoms with Crippen molar-refractivity contribution in [3.63, 3.8) is 0 Å². The maximum atomic E-state index is 6.19. The SMILES string of the molecule is C=C1[C@H]2C=C[C@@H](C)[C@]1(C)CC[C@]2(C)[C@@H]1COC(C)(C)O1. The van der Waals surface area contributed by atoms with Gasteiger partial charge in [0, 0.05) is 11.3 Å². The highest BCUT2D eigenvalue weighted by atomic mass is 16.7. The van der Waals surface area contributed by atoms with Crippen LogP contribution in [0.1, 0.15) is 47.5 Å². The van der Waals surface area contributed by atoms with Gasteiger partial charge in [0.1, 0.15) is 0 Å². The molecule has 0 amide bonds. The molecule has 3 rings (SSSR count). The molecule has 2 heteroatoms. The number of hydrogen-bond donors (Lipinski definition) is 0. The van der Waals surface area contributed by atoms with Crippen LogP contribution in [0.15, 0.2) is 24.3 Å². The number of rotatable bonds is 1. The lowest BCUT2D eigenvalue weighted by molar-refractivity contribution is -0.160. The molecule has 2 nitrogen and oxygen atoms in total. The fraction of sp³-hybridized carbons (Fsp3) is 0.778. The number of hydrogen-bond acceptors (Lipinski definition) is 2. The van der Waals surface area contributed by atoms with Gasteiger partial charge in [-0.3, -0.25) is 0 Å². The summed E-state index contributed by atoms with van der Waals surface area (Å²) in [5.41, 5.74) is 1.77. The molecule has 0 N–H and O–H groups in total. The molecule has 0 unspecified atom stereocenters. The maximum absolute atomic E-state index is 6.19. The van der Waals surface area contributed by atoms with Gasteiger partial charge < -0.3 is 9.47 Å². The summed E-state index contributed by atoms with van der Waals surface area (Å²) in [6.45, 7) is 16.3. The lowest BCUT2D eigenvalue weighted by Gasteiger charge is -2.55. The second-order valence-corrected chi connectivity index (χ2v) is 7.92. The highest BCUT2D eigenvalue weighted by Crippen LogP contribution is 2.60. The normalized spacial score (nSPS) is 50.5. The zero-order chi connectivity index (χ0) is 14.8. The zero-order valence-electron chi connectivity index (χ0n) is 13.5. The quantitative estimate of drug-likeness (QED) is 0.664. The van der Waals surface area contributed by atoms with Crippen LogP contribution in [0.3, 0.4) is 0 Å². The van der Waals surface area contributed by atoms with Gasteiger partial charge in [0.2, 0.25) is 0 Å². The monoisotopic (exact) mass is 276 g/mol. The Balaban J connectivity index is 1.93. The molecule has 0 aromatic heterocycles. The van der Waals surface area contributed by atoms with Crippen molar-refractivity contribution in [1.82, 2.24) is 0 Å². The van der Waals surface area contributed by atoms with Crippen LogP contribution in [0.5, 0.6) is 0 Å². The molecule has 1 saturated carbocycles. The van der Waals surface area contributed by atoms with Crippen LogP contribution < -0.4 is 0 Å². The van der Waals surface area contributed by atoms with E-state index in [1.807, 2.05) is 13.8 Å². The van der Waals surface area contributed by atoms with Crippen LogP contribution in [0, 0.1) is 22.7 Å². The Hall–Kier alpha value is -0.600. The van der Waals surface area contributed by atoms with Crippen LogP contribution in [0.25, 0.3) is 0 Å². The summed E-state index contributed by atoms with van der Waals surface area (Å²) in [6, 6.07) is 0. The largest absolute Gasteiger partial charge is 0.348 e. The summed E-state index contributed by atoms with van der Waals surface area (Å²) in [4.78, 5) is 0. The van der Waals surface area contributed by atoms with Crippen LogP contribution in [-0.2, 0) is 9.47 Å². The highest BCUT2D eigenvalue weighted by molar-refractivity contribution is 5.32. The Morgan fingerprint density at radius 3 is 2.45 bits per heavy atom. The van der Waals surface area contributed by atoms with Gasteiger partial charge in [-0.25, -0.2) is 0 Å². The van der Waals surface area contributed by atoms with Gasteiger partial charge >= 0.3 is 0 Å². The van der Waals surface area contributed by atoms with Gasteiger partial charge in [-0.1, -0.05) is 45.1 Å². The molecular formula is C18H28O2. The van der Waals surface area contributed by atoms with E-state index in [1.54, 1.807) is 0 Å². The average Bonchev–Trinajstić information content (AvgIpc) is 2.73. The van der Waals surface area contributed by atoms with Crippen molar-refractivity contribution in [2.45, 2.75) is 59.4 Å². The third-order valence-corrected chi connectivity index (χ3v) is 6.34. The summed E-state index contributed by atoms with van der Waals surface area (Å²) in [5, 5.41) is 0. The van der Waals surface area contributed by atoms with Crippen LogP contribution in [0.2, 0.25) is 0 Å². The maximum Gasteiger partial charge on any atom is 0.163 e. The molecule has 1 saturated heterocycles. The van der Waals surface area contributed by atoms with E-state index in [0.717, 1.165) is 0 Å². The predicted molar refractivity (Wildman–Crippen MR) is 81.3 cm³/mol. The fourth-order valence-corrected chi connectivity index (χ4v) is 4.32. The summed E-state index contributed by atoms with van der Waals surface area (Å²) >= 11 is 0. The molecule has 1 aliphatic heterocycles. The smallest absolute Gasteiger partial charge is 0.163 e. The number of fused-ring (bicyclic) bond motifs is 2. The third kappa shape index (κ3) is 1.84. The lowest BCUT2D eigenvalue weighted by atomic mass is 9.50. The molecule has 2 fully saturated rings. The first-order valence-corrected chi connectivity index (χ1v) is 7.88. The van der Waals surface area contributed by atoms with Gasteiger partial charge in [-0.05, 0) is 38.0 Å². The van der Waals surface area contributed by atoms with E-state index in [9.17, 15) is 0 Å². The Bertz CT molecular complexity index is 464. The van der Waals surface area contributed by atoms with Gasteiger partial charge in [-0.15, -0.1) is 0 Å². The first-order chi connectivity index (χ1) is 9.19. The zero-order valence-corrected chi connectivity index (χ0v) is 13.5. The standard InChI is InChI=1S/C18H28O2/c1-12-7-8-14-13(2)17(12,5)9-10-18(14,6)15-11-19-16(3,4)20-15/h7-8,12,14-15H,2,9-11H2,1,3-6H3/t12-,14-,15+,17+,18+/m1/s1. The minimum absolute atomic E-state index is 0.112. The van der Waals surface area contributed by atoms with E-state index in [0.29, 0.717) is 18.4 Å². The van der Waals surface area contributed by atoms with Crippen LogP contribution in [-0.4, -0.2) is 18.5 Å². The van der Waals surface area contributed by atoms with E-state index in [1.165, 1.54) is 18.4 Å². The molecule has 0 aromatic carbocycles. The summed E-state index contributed by atoms with van der Waals surface area (Å²) in [5.74, 6) is 0.564. The molecule has 3 aliphatic rings. The van der Waals surface area contributed by atoms with E-state index < -0.39 is 5.79 Å². The van der Waals surface area contributed by atoms with Crippen LogP contribution >= 0.6 is 0 Å². The summed E-state index contributed by atoms with van der Waals surface area (Å²) in [7, 11) is 0. The van der Waals surface area contributed by atoms with Crippen molar-refractivity contribution in [2.24, 2.45) is 22.7 Å². The van der Waals surface area contributed by atoms with Crippen molar-refractivity contribution in [1.29, 1.82) is 0 Å². The second-order valence-electron chi connectivity index (χ2n) is 7.92. The third-order valence-electron chi connectivity index (χ3n) is 6.34. The summed E-state index contributed by atoms with van der Waals surface area (Å²) < 4.78 is 12.0. The van der Waals surface area contributed by atoms with Gasteiger partial charge in [0.25, 0.3) is 0 Å². The highest BCUT2D eigenvalue weighted by Gasteiger charge is 2.55. The fourth-order valence-electron chi connectivity index (χ4n) is 4.32. The van der Waals surface area contributed by atoms with Crippen molar-refractivity contribution >= 4 is 0 Å². The lowest BCUT2D eigenvalue weighted by Crippen LogP contribution is -2.51. The van der Waals surface area contributed by atoms with E-state index in [4.69, 9.17) is 9.47 Å². The van der Waals surface area contributed by atoms with Crippen molar-refractivity contribution in [2.75, 3.05) is 6.61 Å². The molecule has 0 spiro atoms. The Labute approximate surface area is 123 Å². The molecule has 5 atom stereocenters. The Kier molecular flexibility index (Phi) is 3.02. The first-order valence-electron chi connectivity index (χ1n) is 7.88. The summed E-state index contributed by atoms with van der Waals surface area (Å²) in [6.07, 6.45) is 7.32. The molecule has 0 aromatic rings. The van der Waals surface area contributed by atoms with Crippen molar-refractivity contribution in [3.05, 3.63) is 24.3 Å². The Morgan fingerprint density at radius 2 is 1.85 bits per heavy atom. The first kappa shape index (κ1) is 14.3. The average molecular weight is 276 g/mol. The Morgan fingerprint density at radius 1 is 1.15 bits per heavy atom. The molecule has 2 bridgehead atoms. The number of ether oxygens (including phenoxy) is 2. The topological polar surface area (TPSA) is 18.5 Å². The van der Waals surface area contributed by atoms with E-state index in [2.05, 4.69) is 39.5 Å². The van der Waals surface area contributed by atoms with E-state index >= 15 is 0 Å². The minimum Gasteiger partial charge on any atom is -0.348 e. The molecule has 0 radical (unpaired) electrons.